The molecule has 2 fully saturated rings. The summed E-state index contributed by atoms with van der Waals surface area (Å²) in [7, 11) is 0. The number of aliphatic hydroxyl groups is 1. The summed E-state index contributed by atoms with van der Waals surface area (Å²) in [5.41, 5.74) is -0.106. The highest BCUT2D eigenvalue weighted by Crippen LogP contribution is 2.37. The average molecular weight is 423 g/mol. The molecule has 1 saturated carbocycles. The Kier molecular flexibility index (Phi) is 5.62. The third-order valence-corrected chi connectivity index (χ3v) is 6.69. The third kappa shape index (κ3) is 4.44. The Balaban J connectivity index is 1.52. The number of pyridine rings is 1. The molecule has 29 heavy (non-hydrogen) atoms. The van der Waals surface area contributed by atoms with Crippen LogP contribution in [0.1, 0.15) is 55.1 Å². The van der Waals surface area contributed by atoms with Gasteiger partial charge in [0.1, 0.15) is 5.67 Å². The molecule has 0 unspecified atom stereocenters. The summed E-state index contributed by atoms with van der Waals surface area (Å²) in [6.45, 7) is 3.18. The van der Waals surface area contributed by atoms with Gasteiger partial charge in [0.25, 0.3) is 5.91 Å². The van der Waals surface area contributed by atoms with E-state index in [1.807, 2.05) is 22.7 Å². The Hall–Kier alpha value is -1.63. The first kappa shape index (κ1) is 20.6. The van der Waals surface area contributed by atoms with Crippen LogP contribution in [0, 0.1) is 5.92 Å². The molecule has 2 aromatic rings. The van der Waals surface area contributed by atoms with E-state index in [9.17, 15) is 14.3 Å². The van der Waals surface area contributed by atoms with Crippen molar-refractivity contribution in [1.82, 2.24) is 9.72 Å². The van der Waals surface area contributed by atoms with Crippen LogP contribution in [0.5, 0.6) is 0 Å². The Morgan fingerprint density at radius 1 is 1.41 bits per heavy atom. The van der Waals surface area contributed by atoms with Crippen molar-refractivity contribution >= 4 is 23.0 Å². The van der Waals surface area contributed by atoms with E-state index in [0.29, 0.717) is 47.7 Å². The number of carbonyl (C=O) groups is 1. The molecule has 2 aliphatic rings. The molecule has 5 nitrogen and oxygen atoms in total. The summed E-state index contributed by atoms with van der Waals surface area (Å²) in [5, 5.41) is 14.1. The van der Waals surface area contributed by atoms with Crippen LogP contribution in [0.25, 0.3) is 5.52 Å². The first-order valence-electron chi connectivity index (χ1n) is 10.3. The fourth-order valence-corrected chi connectivity index (χ4v) is 4.67. The Morgan fingerprint density at radius 2 is 2.17 bits per heavy atom. The van der Waals surface area contributed by atoms with Crippen LogP contribution in [-0.4, -0.2) is 46.4 Å². The number of amides is 1. The maximum Gasteiger partial charge on any atom is 0.253 e. The van der Waals surface area contributed by atoms with Crippen molar-refractivity contribution in [1.29, 1.82) is 0 Å². The monoisotopic (exact) mass is 422 g/mol. The largest absolute Gasteiger partial charge is 0.388 e. The van der Waals surface area contributed by atoms with Crippen LogP contribution >= 0.6 is 11.6 Å². The van der Waals surface area contributed by atoms with Crippen LogP contribution in [0.15, 0.2) is 24.4 Å². The third-order valence-electron chi connectivity index (χ3n) is 6.39. The topological polar surface area (TPSA) is 63.0 Å². The zero-order valence-electron chi connectivity index (χ0n) is 16.7. The van der Waals surface area contributed by atoms with Gasteiger partial charge in [-0.1, -0.05) is 11.6 Å². The SMILES string of the molecule is CC1(F)CCC(O)(CNC(=O)c2cc(C[C@H]3CCOC3)n3cccc(Cl)c23)CC1. The Bertz CT molecular complexity index is 895. The lowest BCUT2D eigenvalue weighted by Crippen LogP contribution is -2.47. The zero-order valence-corrected chi connectivity index (χ0v) is 17.5. The zero-order chi connectivity index (χ0) is 20.6. The minimum Gasteiger partial charge on any atom is -0.388 e. The number of fused-ring (bicyclic) bond motifs is 1. The van der Waals surface area contributed by atoms with Crippen LogP contribution in [0.4, 0.5) is 4.39 Å². The van der Waals surface area contributed by atoms with Crippen LogP contribution in [-0.2, 0) is 11.2 Å². The van der Waals surface area contributed by atoms with E-state index >= 15 is 0 Å². The number of carbonyl (C=O) groups excluding carboxylic acids is 1. The molecule has 3 heterocycles. The molecule has 7 heteroatoms. The number of nitrogens with zero attached hydrogens (tertiary/aromatic N) is 1. The molecule has 0 spiro atoms. The molecular weight excluding hydrogens is 395 g/mol. The predicted molar refractivity (Wildman–Crippen MR) is 110 cm³/mol. The molecule has 2 aromatic heterocycles. The highest BCUT2D eigenvalue weighted by molar-refractivity contribution is 6.34. The molecule has 0 radical (unpaired) electrons. The summed E-state index contributed by atoms with van der Waals surface area (Å²) in [6, 6.07) is 5.52. The quantitative estimate of drug-likeness (QED) is 0.767. The van der Waals surface area contributed by atoms with Gasteiger partial charge in [-0.2, -0.15) is 0 Å². The van der Waals surface area contributed by atoms with E-state index in [1.54, 1.807) is 13.0 Å². The highest BCUT2D eigenvalue weighted by atomic mass is 35.5. The van der Waals surface area contributed by atoms with E-state index in [0.717, 1.165) is 31.7 Å². The molecule has 1 aliphatic carbocycles. The molecule has 0 aromatic carbocycles. The van der Waals surface area contributed by atoms with Gasteiger partial charge in [-0.05, 0) is 69.6 Å². The summed E-state index contributed by atoms with van der Waals surface area (Å²) in [5.74, 6) is 0.160. The van der Waals surface area contributed by atoms with E-state index < -0.39 is 11.3 Å². The Labute approximate surface area is 175 Å². The van der Waals surface area contributed by atoms with Gasteiger partial charge in [-0.25, -0.2) is 4.39 Å². The minimum atomic E-state index is -1.23. The van der Waals surface area contributed by atoms with Crippen molar-refractivity contribution in [2.75, 3.05) is 19.8 Å². The molecule has 1 atom stereocenters. The molecule has 0 bridgehead atoms. The fourth-order valence-electron chi connectivity index (χ4n) is 4.41. The van der Waals surface area contributed by atoms with Gasteiger partial charge in [0.05, 0.1) is 21.7 Å². The molecule has 158 valence electrons. The van der Waals surface area contributed by atoms with Crippen molar-refractivity contribution < 1.29 is 19.0 Å². The molecule has 2 N–H and O–H groups in total. The highest BCUT2D eigenvalue weighted by Gasteiger charge is 2.39. The number of hydrogen-bond donors (Lipinski definition) is 2. The van der Waals surface area contributed by atoms with Gasteiger partial charge in [0, 0.05) is 31.6 Å². The maximum absolute atomic E-state index is 14.0. The standard InChI is InChI=1S/C22H28ClFN2O3/c1-21(24)5-7-22(28,8-6-21)14-25-20(27)17-12-16(11-15-4-10-29-13-15)26-9-2-3-18(23)19(17)26/h2-3,9,12,15,28H,4-8,10-11,13-14H2,1H3,(H,25,27)/t15-,21?,22?/m1/s1. The van der Waals surface area contributed by atoms with Crippen LogP contribution in [0.3, 0.4) is 0 Å². The summed E-state index contributed by atoms with van der Waals surface area (Å²) < 4.78 is 21.5. The normalized spacial score (nSPS) is 30.0. The lowest BCUT2D eigenvalue weighted by atomic mass is 9.78. The number of halogens is 2. The van der Waals surface area contributed by atoms with Gasteiger partial charge in [0.2, 0.25) is 0 Å². The Morgan fingerprint density at radius 3 is 2.86 bits per heavy atom. The lowest BCUT2D eigenvalue weighted by Gasteiger charge is -2.37. The van der Waals surface area contributed by atoms with E-state index in [-0.39, 0.29) is 12.5 Å². The second kappa shape index (κ2) is 7.89. The van der Waals surface area contributed by atoms with Crippen molar-refractivity contribution in [3.63, 3.8) is 0 Å². The molecule has 1 saturated heterocycles. The lowest BCUT2D eigenvalue weighted by molar-refractivity contribution is -0.0374. The van der Waals surface area contributed by atoms with Gasteiger partial charge < -0.3 is 19.6 Å². The predicted octanol–water partition coefficient (Wildman–Crippen LogP) is 3.93. The average Bonchev–Trinajstić information content (AvgIpc) is 3.32. The summed E-state index contributed by atoms with van der Waals surface area (Å²) >= 11 is 6.43. The number of nitrogens with one attached hydrogen (secondary N) is 1. The first-order valence-corrected chi connectivity index (χ1v) is 10.7. The summed E-state index contributed by atoms with van der Waals surface area (Å²) in [4.78, 5) is 13.0. The number of aromatic nitrogens is 1. The van der Waals surface area contributed by atoms with Gasteiger partial charge in [0.15, 0.2) is 0 Å². The minimum absolute atomic E-state index is 0.107. The van der Waals surface area contributed by atoms with Crippen molar-refractivity contribution in [2.45, 2.75) is 56.7 Å². The molecule has 4 rings (SSSR count). The molecule has 1 amide bonds. The first-order chi connectivity index (χ1) is 13.8. The molecular formula is C22H28ClFN2O3. The number of rotatable bonds is 5. The van der Waals surface area contributed by atoms with Crippen molar-refractivity contribution in [3.05, 3.63) is 40.7 Å². The van der Waals surface area contributed by atoms with Crippen molar-refractivity contribution in [3.8, 4) is 0 Å². The fraction of sp³-hybridized carbons (Fsp3) is 0.591. The van der Waals surface area contributed by atoms with E-state index in [1.165, 1.54) is 0 Å². The van der Waals surface area contributed by atoms with Gasteiger partial charge >= 0.3 is 0 Å². The number of hydrogen-bond acceptors (Lipinski definition) is 3. The molecule has 1 aliphatic heterocycles. The van der Waals surface area contributed by atoms with Crippen LogP contribution < -0.4 is 5.32 Å². The second-order valence-electron chi connectivity index (χ2n) is 8.88. The smallest absolute Gasteiger partial charge is 0.253 e. The van der Waals surface area contributed by atoms with E-state index in [2.05, 4.69) is 5.32 Å². The van der Waals surface area contributed by atoms with Gasteiger partial charge in [-0.15, -0.1) is 0 Å². The summed E-state index contributed by atoms with van der Waals surface area (Å²) in [6.07, 6.45) is 5.01. The van der Waals surface area contributed by atoms with Crippen molar-refractivity contribution in [2.24, 2.45) is 5.92 Å². The van der Waals surface area contributed by atoms with E-state index in [4.69, 9.17) is 16.3 Å². The number of alkyl halides is 1. The number of ether oxygens (including phenoxy) is 1. The maximum atomic E-state index is 14.0. The van der Waals surface area contributed by atoms with Crippen LogP contribution in [0.2, 0.25) is 5.02 Å². The second-order valence-corrected chi connectivity index (χ2v) is 9.29. The van der Waals surface area contributed by atoms with Gasteiger partial charge in [-0.3, -0.25) is 4.79 Å².